The number of anilines is 3. The molecule has 1 aliphatic heterocycles. The summed E-state index contributed by atoms with van der Waals surface area (Å²) in [7, 11) is 0. The van der Waals surface area contributed by atoms with Crippen molar-refractivity contribution in [1.82, 2.24) is 0 Å². The number of benzene rings is 14. The van der Waals surface area contributed by atoms with E-state index in [2.05, 4.69) is 332 Å². The first-order chi connectivity index (χ1) is 42.1. The number of fused-ring (bicyclic) bond motifs is 14. The highest BCUT2D eigenvalue weighted by atomic mass is 32.1. The van der Waals surface area contributed by atoms with Crippen molar-refractivity contribution in [3.05, 3.63) is 318 Å². The molecule has 16 aromatic rings. The van der Waals surface area contributed by atoms with E-state index in [0.717, 1.165) is 0 Å². The fourth-order valence-corrected chi connectivity index (χ4v) is 15.7. The van der Waals surface area contributed by atoms with Crippen molar-refractivity contribution < 1.29 is 0 Å². The molecule has 0 saturated carbocycles. The van der Waals surface area contributed by atoms with Crippen LogP contribution in [0.1, 0.15) is 47.2 Å². The van der Waals surface area contributed by atoms with Crippen LogP contribution < -0.4 is 4.90 Å². The van der Waals surface area contributed by atoms with Crippen molar-refractivity contribution in [3.63, 3.8) is 0 Å². The first-order valence-electron chi connectivity index (χ1n) is 29.8. The van der Waals surface area contributed by atoms with E-state index in [9.17, 15) is 0 Å². The van der Waals surface area contributed by atoms with Gasteiger partial charge >= 0.3 is 0 Å². The Morgan fingerprint density at radius 3 is 1.36 bits per heavy atom. The van der Waals surface area contributed by atoms with Crippen molar-refractivity contribution in [3.8, 4) is 22.3 Å². The molecule has 0 bridgehead atoms. The third kappa shape index (κ3) is 9.77. The van der Waals surface area contributed by atoms with Gasteiger partial charge in [-0.3, -0.25) is 0 Å². The van der Waals surface area contributed by atoms with E-state index in [1.165, 1.54) is 156 Å². The van der Waals surface area contributed by atoms with E-state index in [-0.39, 0.29) is 5.41 Å². The van der Waals surface area contributed by atoms with Crippen molar-refractivity contribution >= 4 is 123 Å². The molecule has 3 heteroatoms. The lowest BCUT2D eigenvalue weighted by molar-refractivity contribution is 0.632. The number of thiophene rings is 2. The lowest BCUT2D eigenvalue weighted by Gasteiger charge is -2.42. The van der Waals surface area contributed by atoms with Crippen molar-refractivity contribution in [2.75, 3.05) is 4.90 Å². The van der Waals surface area contributed by atoms with Crippen LogP contribution in [0.15, 0.2) is 285 Å². The summed E-state index contributed by atoms with van der Waals surface area (Å²) in [6.45, 7) is 13.3. The zero-order chi connectivity index (χ0) is 58.5. The zero-order valence-corrected chi connectivity index (χ0v) is 51.0. The molecule has 3 heterocycles. The molecule has 2 aromatic heterocycles. The van der Waals surface area contributed by atoms with Crippen LogP contribution in [0.25, 0.3) is 106 Å². The normalized spacial score (nSPS) is 12.4. The molecule has 17 rings (SSSR count). The molecule has 1 aliphatic rings. The summed E-state index contributed by atoms with van der Waals surface area (Å²) < 4.78 is 5.55. The summed E-state index contributed by atoms with van der Waals surface area (Å²) in [5, 5.41) is 16.2. The molecule has 0 spiro atoms. The van der Waals surface area contributed by atoms with Gasteiger partial charge in [0.1, 0.15) is 0 Å². The smallest absolute Gasteiger partial charge is 0.0502 e. The van der Waals surface area contributed by atoms with E-state index < -0.39 is 0 Å². The molecule has 0 atom stereocenters. The van der Waals surface area contributed by atoms with E-state index in [4.69, 9.17) is 0 Å². The molecule has 0 unspecified atom stereocenters. The molecule has 86 heavy (non-hydrogen) atoms. The second-order valence-electron chi connectivity index (χ2n) is 23.3. The number of nitrogens with zero attached hydrogens (tertiary/aromatic N) is 1. The zero-order valence-electron chi connectivity index (χ0n) is 49.4. The van der Waals surface area contributed by atoms with Gasteiger partial charge in [-0.05, 0) is 163 Å². The third-order valence-electron chi connectivity index (χ3n) is 17.4. The van der Waals surface area contributed by atoms with Gasteiger partial charge in [-0.25, -0.2) is 0 Å². The van der Waals surface area contributed by atoms with E-state index in [1.807, 2.05) is 22.7 Å². The highest BCUT2D eigenvalue weighted by Crippen LogP contribution is 2.52. The first-order valence-corrected chi connectivity index (χ1v) is 31.4. The number of rotatable bonds is 3. The molecule has 0 fully saturated rings. The van der Waals surface area contributed by atoms with Gasteiger partial charge in [0.15, 0.2) is 0 Å². The van der Waals surface area contributed by atoms with Crippen LogP contribution in [0.4, 0.5) is 17.1 Å². The summed E-state index contributed by atoms with van der Waals surface area (Å²) >= 11 is 3.78. The molecule has 1 nitrogen and oxygen atoms in total. The van der Waals surface area contributed by atoms with Crippen LogP contribution >= 0.6 is 22.7 Å². The van der Waals surface area contributed by atoms with Gasteiger partial charge in [-0.1, -0.05) is 262 Å². The van der Waals surface area contributed by atoms with Gasteiger partial charge in [-0.2, -0.15) is 0 Å². The van der Waals surface area contributed by atoms with E-state index in [1.54, 1.807) is 0 Å². The molecule has 0 amide bonds. The Hall–Kier alpha value is -9.64. The minimum absolute atomic E-state index is 0.00632. The Labute approximate surface area is 512 Å². The molecule has 0 aliphatic carbocycles. The SMILES string of the molecule is Cc1cc2sc3ccccc3c2c2ccccc12.Cc1ccc(-c2c3ccccc3c(-c3ccccc3)c3ccccc23)cc1.Cc1ccc2c(c1)sc1ccc3ccccc3c12.Cc1ccccc1N1c2ccccc2C(C)(C)c2ccccc21. The number of hydrogen-bond acceptors (Lipinski definition) is 3. The van der Waals surface area contributed by atoms with Crippen molar-refractivity contribution in [1.29, 1.82) is 0 Å². The van der Waals surface area contributed by atoms with E-state index in [0.29, 0.717) is 0 Å². The topological polar surface area (TPSA) is 3.24 Å². The lowest BCUT2D eigenvalue weighted by Crippen LogP contribution is -2.30. The molecule has 0 N–H and O–H groups in total. The largest absolute Gasteiger partial charge is 0.310 e. The monoisotopic (exact) mass is 1140 g/mol. The number of hydrogen-bond donors (Lipinski definition) is 0. The summed E-state index contributed by atoms with van der Waals surface area (Å²) in [6, 6.07) is 103. The maximum atomic E-state index is 2.41. The molecular formula is C83H65NS2. The lowest BCUT2D eigenvalue weighted by atomic mass is 9.73. The van der Waals surface area contributed by atoms with Crippen LogP contribution in [-0.2, 0) is 5.41 Å². The Morgan fingerprint density at radius 1 is 0.279 bits per heavy atom. The molecule has 414 valence electrons. The van der Waals surface area contributed by atoms with Gasteiger partial charge in [0, 0.05) is 51.4 Å². The fraction of sp³-hybridized carbons (Fsp3) is 0.0843. The summed E-state index contributed by atoms with van der Waals surface area (Å²) in [4.78, 5) is 2.41. The number of aryl methyl sites for hydroxylation is 4. The van der Waals surface area contributed by atoms with Crippen molar-refractivity contribution in [2.24, 2.45) is 0 Å². The maximum absolute atomic E-state index is 2.41. The minimum Gasteiger partial charge on any atom is -0.310 e. The average molecular weight is 1140 g/mol. The Morgan fingerprint density at radius 2 is 0.733 bits per heavy atom. The van der Waals surface area contributed by atoms with Gasteiger partial charge < -0.3 is 4.90 Å². The first kappa shape index (κ1) is 54.3. The highest BCUT2D eigenvalue weighted by Gasteiger charge is 2.36. The second-order valence-corrected chi connectivity index (χ2v) is 25.5. The standard InChI is InChI=1S/C27H20.C22H21N.2C17H12S/c1-19-15-17-21(18-16-19)27-24-13-7-5-11-22(24)26(20-9-3-2-4-10-20)23-12-6-8-14-25(23)27;1-16-10-4-7-13-19(16)23-20-14-8-5-11-17(20)22(2,3)18-12-6-9-15-21(18)23;1-11-10-16-17(13-7-3-2-6-12(11)13)14-8-4-5-9-15(14)18-16;1-11-6-8-14-16(10-11)18-15-9-7-12-4-2-3-5-13(12)17(14)15/h2-18H,1H3;4-15H,1-3H3;2*2-10H,1H3. The number of para-hydroxylation sites is 3. The van der Waals surface area contributed by atoms with Gasteiger partial charge in [0.2, 0.25) is 0 Å². The fourth-order valence-electron chi connectivity index (χ4n) is 13.2. The Bertz CT molecular complexity index is 5090. The highest BCUT2D eigenvalue weighted by molar-refractivity contribution is 7.26. The van der Waals surface area contributed by atoms with Crippen LogP contribution in [0, 0.1) is 27.7 Å². The second kappa shape index (κ2) is 22.7. The summed E-state index contributed by atoms with van der Waals surface area (Å²) in [5.74, 6) is 0. The van der Waals surface area contributed by atoms with Crippen LogP contribution in [0.2, 0.25) is 0 Å². The average Bonchev–Trinajstić information content (AvgIpc) is 1.13. The minimum atomic E-state index is 0.00632. The maximum Gasteiger partial charge on any atom is 0.0502 e. The predicted octanol–water partition coefficient (Wildman–Crippen LogP) is 24.8. The Balaban J connectivity index is 0.000000103. The molecular weight excluding hydrogens is 1080 g/mol. The van der Waals surface area contributed by atoms with Crippen LogP contribution in [0.5, 0.6) is 0 Å². The molecule has 0 saturated heterocycles. The predicted molar refractivity (Wildman–Crippen MR) is 378 cm³/mol. The van der Waals surface area contributed by atoms with Crippen molar-refractivity contribution in [2.45, 2.75) is 47.0 Å². The van der Waals surface area contributed by atoms with Gasteiger partial charge in [-0.15, -0.1) is 22.7 Å². The Kier molecular flexibility index (Phi) is 14.4. The van der Waals surface area contributed by atoms with Crippen LogP contribution in [-0.4, -0.2) is 0 Å². The van der Waals surface area contributed by atoms with E-state index >= 15 is 0 Å². The molecule has 14 aromatic carbocycles. The summed E-state index contributed by atoms with van der Waals surface area (Å²) in [6.07, 6.45) is 0. The van der Waals surface area contributed by atoms with Gasteiger partial charge in [0.05, 0.1) is 11.4 Å². The molecule has 0 radical (unpaired) electrons. The summed E-state index contributed by atoms with van der Waals surface area (Å²) in [5.41, 5.74) is 17.0. The van der Waals surface area contributed by atoms with Gasteiger partial charge in [0.25, 0.3) is 0 Å². The van der Waals surface area contributed by atoms with Crippen LogP contribution in [0.3, 0.4) is 0 Å². The third-order valence-corrected chi connectivity index (χ3v) is 19.7. The quantitative estimate of drug-likeness (QED) is 0.159.